The van der Waals surface area contributed by atoms with Gasteiger partial charge in [-0.3, -0.25) is 0 Å². The van der Waals surface area contributed by atoms with E-state index in [0.29, 0.717) is 11.3 Å². The fourth-order valence-electron chi connectivity index (χ4n) is 1.87. The number of halogens is 1. The van der Waals surface area contributed by atoms with Gasteiger partial charge in [0.2, 0.25) is 10.0 Å². The summed E-state index contributed by atoms with van der Waals surface area (Å²) >= 11 is 0. The minimum atomic E-state index is -3.52. The number of nitrogens with one attached hydrogen (secondary N) is 1. The van der Waals surface area contributed by atoms with Gasteiger partial charge >= 0.3 is 0 Å². The van der Waals surface area contributed by atoms with Crippen LogP contribution in [0.1, 0.15) is 30.9 Å². The van der Waals surface area contributed by atoms with Crippen LogP contribution in [0.5, 0.6) is 5.75 Å². The van der Waals surface area contributed by atoms with Crippen LogP contribution in [0, 0.1) is 6.92 Å². The molecule has 1 aromatic carbocycles. The average Bonchev–Trinajstić information content (AvgIpc) is 2.35. The van der Waals surface area contributed by atoms with E-state index < -0.39 is 10.0 Å². The smallest absolute Gasteiger partial charge is 0.240 e. The number of benzene rings is 1. The Bertz CT molecular complexity index is 545. The van der Waals surface area contributed by atoms with E-state index in [-0.39, 0.29) is 36.3 Å². The molecule has 0 saturated heterocycles. The van der Waals surface area contributed by atoms with E-state index in [4.69, 9.17) is 10.5 Å². The molecular weight excluding hydrogens is 300 g/mol. The zero-order valence-corrected chi connectivity index (χ0v) is 13.9. The highest BCUT2D eigenvalue weighted by Gasteiger charge is 2.20. The van der Waals surface area contributed by atoms with Crippen molar-refractivity contribution in [3.8, 4) is 5.75 Å². The average molecular weight is 323 g/mol. The third kappa shape index (κ3) is 4.34. The van der Waals surface area contributed by atoms with E-state index in [1.165, 1.54) is 0 Å². The van der Waals surface area contributed by atoms with Gasteiger partial charge in [0.1, 0.15) is 5.75 Å². The van der Waals surface area contributed by atoms with Crippen molar-refractivity contribution in [2.45, 2.75) is 31.6 Å². The number of hydrogen-bond acceptors (Lipinski definition) is 4. The lowest BCUT2D eigenvalue weighted by molar-refractivity contribution is 0.406. The fraction of sp³-hybridized carbons (Fsp3) is 0.538. The third-order valence-electron chi connectivity index (χ3n) is 2.88. The van der Waals surface area contributed by atoms with Crippen molar-refractivity contribution >= 4 is 22.4 Å². The van der Waals surface area contributed by atoms with E-state index in [2.05, 4.69) is 4.72 Å². The van der Waals surface area contributed by atoms with E-state index in [1.807, 2.05) is 13.8 Å². The van der Waals surface area contributed by atoms with Gasteiger partial charge < -0.3 is 10.5 Å². The molecule has 0 unspecified atom stereocenters. The number of rotatable bonds is 6. The molecule has 20 heavy (non-hydrogen) atoms. The molecule has 116 valence electrons. The Morgan fingerprint density at radius 2 is 1.95 bits per heavy atom. The zero-order chi connectivity index (χ0) is 14.6. The summed E-state index contributed by atoms with van der Waals surface area (Å²) in [5.74, 6) is 0.893. The topological polar surface area (TPSA) is 81.4 Å². The second-order valence-corrected chi connectivity index (χ2v) is 6.44. The van der Waals surface area contributed by atoms with Crippen molar-refractivity contribution in [1.29, 1.82) is 0 Å². The first-order valence-electron chi connectivity index (χ1n) is 6.21. The summed E-state index contributed by atoms with van der Waals surface area (Å²) in [7, 11) is -1.93. The lowest BCUT2D eigenvalue weighted by Crippen LogP contribution is -2.29. The van der Waals surface area contributed by atoms with Crippen LogP contribution in [0.3, 0.4) is 0 Å². The predicted octanol–water partition coefficient (Wildman–Crippen LogP) is 1.79. The molecule has 0 aliphatic heterocycles. The molecule has 0 amide bonds. The van der Waals surface area contributed by atoms with Crippen LogP contribution in [0.2, 0.25) is 0 Å². The number of sulfonamides is 1. The number of methoxy groups -OCH3 is 1. The van der Waals surface area contributed by atoms with Crippen molar-refractivity contribution in [2.24, 2.45) is 5.73 Å². The van der Waals surface area contributed by atoms with E-state index in [9.17, 15) is 8.42 Å². The van der Waals surface area contributed by atoms with E-state index in [0.717, 1.165) is 5.56 Å². The van der Waals surface area contributed by atoms with Crippen molar-refractivity contribution in [3.05, 3.63) is 23.3 Å². The number of nitrogens with two attached hydrogens (primary N) is 1. The molecule has 1 aromatic rings. The quantitative estimate of drug-likeness (QED) is 0.836. The first kappa shape index (κ1) is 19.2. The maximum atomic E-state index is 12.2. The third-order valence-corrected chi connectivity index (χ3v) is 4.48. The van der Waals surface area contributed by atoms with Crippen molar-refractivity contribution in [2.75, 3.05) is 20.2 Å². The molecule has 0 radical (unpaired) electrons. The number of hydrogen-bond donors (Lipinski definition) is 2. The molecule has 0 aliphatic carbocycles. The Hall–Kier alpha value is -0.820. The fourth-order valence-corrected chi connectivity index (χ4v) is 3.17. The van der Waals surface area contributed by atoms with Crippen LogP contribution in [0.4, 0.5) is 0 Å². The highest BCUT2D eigenvalue weighted by Crippen LogP contribution is 2.31. The molecule has 3 N–H and O–H groups in total. The molecule has 0 atom stereocenters. The van der Waals surface area contributed by atoms with E-state index >= 15 is 0 Å². The summed E-state index contributed by atoms with van der Waals surface area (Å²) in [6.45, 7) is 6.24. The van der Waals surface area contributed by atoms with Gasteiger partial charge in [-0.2, -0.15) is 0 Å². The summed E-state index contributed by atoms with van der Waals surface area (Å²) in [4.78, 5) is 0.283. The Balaban J connectivity index is 0.00000361. The summed E-state index contributed by atoms with van der Waals surface area (Å²) in [5.41, 5.74) is 6.86. The van der Waals surface area contributed by atoms with Crippen LogP contribution < -0.4 is 15.2 Å². The molecular formula is C13H23ClN2O3S. The molecule has 0 bridgehead atoms. The highest BCUT2D eigenvalue weighted by atomic mass is 35.5. The molecule has 0 fully saturated rings. The summed E-state index contributed by atoms with van der Waals surface area (Å²) in [6.07, 6.45) is 0. The Labute approximate surface area is 127 Å². The highest BCUT2D eigenvalue weighted by molar-refractivity contribution is 7.89. The largest absolute Gasteiger partial charge is 0.496 e. The molecule has 0 saturated carbocycles. The Morgan fingerprint density at radius 3 is 2.40 bits per heavy atom. The zero-order valence-electron chi connectivity index (χ0n) is 12.3. The summed E-state index contributed by atoms with van der Waals surface area (Å²) < 4.78 is 32.1. The Kier molecular flexibility index (Phi) is 7.51. The normalized spacial score (nSPS) is 11.3. The molecule has 0 heterocycles. The molecule has 0 spiro atoms. The van der Waals surface area contributed by atoms with Crippen LogP contribution in [-0.4, -0.2) is 28.6 Å². The maximum absolute atomic E-state index is 12.2. The van der Waals surface area contributed by atoms with Crippen LogP contribution in [-0.2, 0) is 10.0 Å². The SMILES string of the molecule is COc1cc(C)c(S(=O)(=O)NCCN)cc1C(C)C.Cl. The molecule has 5 nitrogen and oxygen atoms in total. The summed E-state index contributed by atoms with van der Waals surface area (Å²) in [5, 5.41) is 0. The summed E-state index contributed by atoms with van der Waals surface area (Å²) in [6, 6.07) is 3.43. The predicted molar refractivity (Wildman–Crippen MR) is 83.3 cm³/mol. The lowest BCUT2D eigenvalue weighted by Gasteiger charge is -2.16. The second-order valence-electron chi connectivity index (χ2n) is 4.70. The second kappa shape index (κ2) is 7.83. The minimum absolute atomic E-state index is 0. The van der Waals surface area contributed by atoms with Crippen molar-refractivity contribution in [3.63, 3.8) is 0 Å². The van der Waals surface area contributed by atoms with Gasteiger partial charge in [0, 0.05) is 13.1 Å². The van der Waals surface area contributed by atoms with Gasteiger partial charge in [0.25, 0.3) is 0 Å². The van der Waals surface area contributed by atoms with Crippen LogP contribution >= 0.6 is 12.4 Å². The number of aryl methyl sites for hydroxylation is 1. The number of ether oxygens (including phenoxy) is 1. The van der Waals surface area contributed by atoms with Crippen molar-refractivity contribution < 1.29 is 13.2 Å². The Morgan fingerprint density at radius 1 is 1.35 bits per heavy atom. The molecule has 0 aliphatic rings. The van der Waals surface area contributed by atoms with Gasteiger partial charge in [0.15, 0.2) is 0 Å². The van der Waals surface area contributed by atoms with Gasteiger partial charge in [0.05, 0.1) is 12.0 Å². The monoisotopic (exact) mass is 322 g/mol. The van der Waals surface area contributed by atoms with Gasteiger partial charge in [-0.05, 0) is 36.1 Å². The molecule has 0 aromatic heterocycles. The molecule has 1 rings (SSSR count). The van der Waals surface area contributed by atoms with E-state index in [1.54, 1.807) is 26.2 Å². The first-order valence-corrected chi connectivity index (χ1v) is 7.70. The first-order chi connectivity index (χ1) is 8.83. The van der Waals surface area contributed by atoms with Gasteiger partial charge in [-0.25, -0.2) is 13.1 Å². The minimum Gasteiger partial charge on any atom is -0.496 e. The standard InChI is InChI=1S/C13H22N2O3S.ClH/c1-9(2)11-8-13(10(3)7-12(11)18-4)19(16,17)15-6-5-14;/h7-9,15H,5-6,14H2,1-4H3;1H. The maximum Gasteiger partial charge on any atom is 0.240 e. The van der Waals surface area contributed by atoms with Crippen LogP contribution in [0.15, 0.2) is 17.0 Å². The van der Waals surface area contributed by atoms with Crippen LogP contribution in [0.25, 0.3) is 0 Å². The van der Waals surface area contributed by atoms with Gasteiger partial charge in [-0.15, -0.1) is 12.4 Å². The van der Waals surface area contributed by atoms with Gasteiger partial charge in [-0.1, -0.05) is 13.8 Å². The van der Waals surface area contributed by atoms with Crippen molar-refractivity contribution in [1.82, 2.24) is 4.72 Å². The lowest BCUT2D eigenvalue weighted by atomic mass is 10.0. The molecule has 7 heteroatoms.